The standard InChI is InChI=1S/C63H108O12/c1-4-7-10-13-16-19-22-24-26-27-28-29-31-32-35-37-40-43-46-49-55(64)71-52-54(73-56(65)50-47-44-41-38-34-21-18-15-12-9-6-3)53-72-63-61(59(68)58(67)60(75-63)62(69)70)74-57(66)51-48-45-42-39-36-33-30-25-23-20-17-14-11-8-5-2/h8,11,15,17-18,20,25,30,36,39,54,58-61,63,67-68H,4-7,9-10,12-14,16,19,21-24,26-29,31-35,37-38,40-53H2,1-3H3,(H,69,70)/b11-8-,18-15-,20-17-,30-25-,39-36-. The summed E-state index contributed by atoms with van der Waals surface area (Å²) in [7, 11) is 0. The quantitative estimate of drug-likeness (QED) is 0.0228. The van der Waals surface area contributed by atoms with Crippen LogP contribution in [-0.4, -0.2) is 89.2 Å². The lowest BCUT2D eigenvalue weighted by molar-refractivity contribution is -0.301. The second-order valence-corrected chi connectivity index (χ2v) is 20.6. The number of ether oxygens (including phenoxy) is 5. The zero-order valence-electron chi connectivity index (χ0n) is 47.5. The smallest absolute Gasteiger partial charge is 0.335 e. The van der Waals surface area contributed by atoms with Gasteiger partial charge < -0.3 is 39.0 Å². The predicted octanol–water partition coefficient (Wildman–Crippen LogP) is 15.6. The Balaban J connectivity index is 2.66. The molecule has 0 spiro atoms. The van der Waals surface area contributed by atoms with Crippen LogP contribution in [0.3, 0.4) is 0 Å². The second-order valence-electron chi connectivity index (χ2n) is 20.6. The number of aliphatic carboxylic acids is 1. The number of unbranched alkanes of at least 4 members (excludes halogenated alkanes) is 27. The summed E-state index contributed by atoms with van der Waals surface area (Å²) in [6, 6.07) is 0. The molecule has 0 saturated carbocycles. The molecular formula is C63H108O12. The Morgan fingerprint density at radius 2 is 0.853 bits per heavy atom. The Morgan fingerprint density at radius 1 is 0.453 bits per heavy atom. The number of hydrogen-bond acceptors (Lipinski definition) is 11. The molecule has 0 aromatic rings. The minimum atomic E-state index is -1.92. The van der Waals surface area contributed by atoms with E-state index in [2.05, 4.69) is 81.5 Å². The fourth-order valence-electron chi connectivity index (χ4n) is 8.93. The molecule has 1 saturated heterocycles. The maximum Gasteiger partial charge on any atom is 0.335 e. The van der Waals surface area contributed by atoms with Gasteiger partial charge in [-0.15, -0.1) is 0 Å². The van der Waals surface area contributed by atoms with Crippen LogP contribution in [0.25, 0.3) is 0 Å². The summed E-state index contributed by atoms with van der Waals surface area (Å²) >= 11 is 0. The molecule has 0 bridgehead atoms. The molecule has 1 fully saturated rings. The second kappa shape index (κ2) is 51.2. The molecule has 1 aliphatic rings. The molecule has 75 heavy (non-hydrogen) atoms. The molecule has 6 atom stereocenters. The molecule has 1 aliphatic heterocycles. The summed E-state index contributed by atoms with van der Waals surface area (Å²) in [5, 5.41) is 31.4. The fraction of sp³-hybridized carbons (Fsp3) is 0.778. The average Bonchev–Trinajstić information content (AvgIpc) is 3.39. The maximum atomic E-state index is 13.1. The zero-order valence-corrected chi connectivity index (χ0v) is 47.5. The molecule has 0 aromatic carbocycles. The Hall–Kier alpha value is -3.58. The normalized spacial score (nSPS) is 18.5. The molecule has 3 N–H and O–H groups in total. The number of esters is 3. The Morgan fingerprint density at radius 3 is 1.36 bits per heavy atom. The monoisotopic (exact) mass is 1060 g/mol. The number of carboxylic acid groups (broad SMARTS) is 1. The van der Waals surface area contributed by atoms with Crippen molar-refractivity contribution in [2.45, 2.75) is 302 Å². The van der Waals surface area contributed by atoms with Crippen molar-refractivity contribution in [1.29, 1.82) is 0 Å². The van der Waals surface area contributed by atoms with E-state index in [4.69, 9.17) is 23.7 Å². The fourth-order valence-corrected chi connectivity index (χ4v) is 8.93. The number of carbonyl (C=O) groups excluding carboxylic acids is 3. The van der Waals surface area contributed by atoms with Gasteiger partial charge in [0.15, 0.2) is 24.6 Å². The van der Waals surface area contributed by atoms with Gasteiger partial charge in [0.1, 0.15) is 18.8 Å². The van der Waals surface area contributed by atoms with E-state index in [1.165, 1.54) is 109 Å². The van der Waals surface area contributed by atoms with Crippen LogP contribution in [0.4, 0.5) is 0 Å². The van der Waals surface area contributed by atoms with Crippen molar-refractivity contribution in [3.8, 4) is 0 Å². The van der Waals surface area contributed by atoms with Crippen LogP contribution in [-0.2, 0) is 42.9 Å². The van der Waals surface area contributed by atoms with E-state index in [0.717, 1.165) is 89.9 Å². The van der Waals surface area contributed by atoms with Crippen LogP contribution < -0.4 is 0 Å². The SMILES string of the molecule is CC/C=C\C/C=C\C/C=C\C/C=C\CCCCC(=O)OC1C(OCC(COC(=O)CCCCCCCCCCCCCCCCCCCCC)OC(=O)CCCCCCC/C=C\CCCC)OC(C(=O)O)C(O)C1O. The van der Waals surface area contributed by atoms with Crippen LogP contribution in [0.5, 0.6) is 0 Å². The summed E-state index contributed by atoms with van der Waals surface area (Å²) in [6.07, 6.45) is 50.6. The summed E-state index contributed by atoms with van der Waals surface area (Å²) in [6.45, 7) is 5.83. The van der Waals surface area contributed by atoms with Gasteiger partial charge >= 0.3 is 23.9 Å². The van der Waals surface area contributed by atoms with Crippen molar-refractivity contribution >= 4 is 23.9 Å². The first-order valence-corrected chi connectivity index (χ1v) is 30.3. The maximum absolute atomic E-state index is 13.1. The molecule has 1 heterocycles. The largest absolute Gasteiger partial charge is 0.479 e. The van der Waals surface area contributed by atoms with Gasteiger partial charge in [-0.25, -0.2) is 4.79 Å². The summed E-state index contributed by atoms with van der Waals surface area (Å²) in [5.74, 6) is -3.17. The molecular weight excluding hydrogens is 949 g/mol. The number of allylic oxidation sites excluding steroid dienone is 10. The lowest BCUT2D eigenvalue weighted by Gasteiger charge is -2.40. The average molecular weight is 1060 g/mol. The number of aliphatic hydroxyl groups is 2. The van der Waals surface area contributed by atoms with Crippen molar-refractivity contribution in [2.24, 2.45) is 0 Å². The van der Waals surface area contributed by atoms with Crippen molar-refractivity contribution < 1.29 is 58.2 Å². The van der Waals surface area contributed by atoms with Gasteiger partial charge in [-0.3, -0.25) is 14.4 Å². The van der Waals surface area contributed by atoms with Gasteiger partial charge in [0, 0.05) is 19.3 Å². The third-order valence-corrected chi connectivity index (χ3v) is 13.6. The first kappa shape index (κ1) is 69.4. The van der Waals surface area contributed by atoms with E-state index >= 15 is 0 Å². The number of aliphatic hydroxyl groups excluding tert-OH is 2. The molecule has 0 aromatic heterocycles. The molecule has 432 valence electrons. The molecule has 12 heteroatoms. The molecule has 0 radical (unpaired) electrons. The van der Waals surface area contributed by atoms with E-state index in [1.54, 1.807) is 0 Å². The molecule has 6 unspecified atom stereocenters. The minimum absolute atomic E-state index is 0.00765. The lowest BCUT2D eigenvalue weighted by Crippen LogP contribution is -2.61. The summed E-state index contributed by atoms with van der Waals surface area (Å²) < 4.78 is 28.4. The minimum Gasteiger partial charge on any atom is -0.479 e. The highest BCUT2D eigenvalue weighted by Crippen LogP contribution is 2.26. The third-order valence-electron chi connectivity index (χ3n) is 13.6. The van der Waals surface area contributed by atoms with Gasteiger partial charge in [0.05, 0.1) is 6.61 Å². The van der Waals surface area contributed by atoms with Crippen molar-refractivity contribution in [3.63, 3.8) is 0 Å². The van der Waals surface area contributed by atoms with Gasteiger partial charge in [0.25, 0.3) is 0 Å². The van der Waals surface area contributed by atoms with Crippen molar-refractivity contribution in [3.05, 3.63) is 60.8 Å². The highest BCUT2D eigenvalue weighted by molar-refractivity contribution is 5.74. The van der Waals surface area contributed by atoms with E-state index in [9.17, 15) is 34.5 Å². The van der Waals surface area contributed by atoms with E-state index in [0.29, 0.717) is 25.7 Å². The Labute approximate surface area is 456 Å². The highest BCUT2D eigenvalue weighted by Gasteiger charge is 2.50. The van der Waals surface area contributed by atoms with Gasteiger partial charge in [0.2, 0.25) is 0 Å². The van der Waals surface area contributed by atoms with Gasteiger partial charge in [-0.2, -0.15) is 0 Å². The van der Waals surface area contributed by atoms with Crippen LogP contribution in [0.2, 0.25) is 0 Å². The van der Waals surface area contributed by atoms with Gasteiger partial charge in [-0.1, -0.05) is 229 Å². The number of carbonyl (C=O) groups is 4. The van der Waals surface area contributed by atoms with Crippen LogP contribution >= 0.6 is 0 Å². The molecule has 0 aliphatic carbocycles. The van der Waals surface area contributed by atoms with Crippen molar-refractivity contribution in [2.75, 3.05) is 13.2 Å². The Kier molecular flexibility index (Phi) is 47.4. The first-order chi connectivity index (χ1) is 36.6. The lowest BCUT2D eigenvalue weighted by atomic mass is 9.98. The number of carboxylic acids is 1. The Bertz CT molecular complexity index is 1540. The zero-order chi connectivity index (χ0) is 54.7. The third kappa shape index (κ3) is 41.2. The van der Waals surface area contributed by atoms with E-state index < -0.39 is 67.3 Å². The van der Waals surface area contributed by atoms with Crippen LogP contribution in [0, 0.1) is 0 Å². The summed E-state index contributed by atoms with van der Waals surface area (Å²) in [5.41, 5.74) is 0. The number of rotatable bonds is 51. The predicted molar refractivity (Wildman–Crippen MR) is 303 cm³/mol. The van der Waals surface area contributed by atoms with Crippen LogP contribution in [0.15, 0.2) is 60.8 Å². The van der Waals surface area contributed by atoms with E-state index in [1.807, 2.05) is 0 Å². The summed E-state index contributed by atoms with van der Waals surface area (Å²) in [4.78, 5) is 51.1. The number of hydrogen-bond donors (Lipinski definition) is 3. The molecule has 0 amide bonds. The topological polar surface area (TPSA) is 175 Å². The van der Waals surface area contributed by atoms with E-state index in [-0.39, 0.29) is 25.9 Å². The molecule has 12 nitrogen and oxygen atoms in total. The van der Waals surface area contributed by atoms with Gasteiger partial charge in [-0.05, 0) is 77.0 Å². The van der Waals surface area contributed by atoms with Crippen molar-refractivity contribution in [1.82, 2.24) is 0 Å². The first-order valence-electron chi connectivity index (χ1n) is 30.3. The molecule has 1 rings (SSSR count). The highest BCUT2D eigenvalue weighted by atomic mass is 16.7. The van der Waals surface area contributed by atoms with Crippen LogP contribution in [0.1, 0.15) is 265 Å².